The number of aromatic nitrogens is 4. The van der Waals surface area contributed by atoms with Gasteiger partial charge in [0.05, 0.1) is 49.6 Å². The summed E-state index contributed by atoms with van der Waals surface area (Å²) >= 11 is 0. The third-order valence-electron chi connectivity index (χ3n) is 10.5. The molecule has 0 radical (unpaired) electrons. The Bertz CT molecular complexity index is 1960. The van der Waals surface area contributed by atoms with Crippen LogP contribution in [0, 0.1) is 12.8 Å². The van der Waals surface area contributed by atoms with Crippen LogP contribution in [0.2, 0.25) is 0 Å². The molecule has 260 valence electrons. The van der Waals surface area contributed by atoms with Crippen LogP contribution in [0.25, 0.3) is 11.1 Å². The van der Waals surface area contributed by atoms with Gasteiger partial charge in [0.25, 0.3) is 11.5 Å². The molecule has 8 rings (SSSR count). The normalized spacial score (nSPS) is 19.2. The van der Waals surface area contributed by atoms with E-state index in [4.69, 9.17) is 4.74 Å². The van der Waals surface area contributed by atoms with Crippen molar-refractivity contribution in [3.05, 3.63) is 81.9 Å². The number of aliphatic hydroxyl groups excluding tert-OH is 1. The SMILES string of the molecule is C#C.C[C@@H]1CN(c2ccc(Nc3cc(-c4cncc(N5CCn6c(cc7c6CCCC7)C5=O)c4CO)cn(C)c3=O)nc2)CCN1C1COC1. The Morgan fingerprint density at radius 3 is 2.56 bits per heavy atom. The maximum Gasteiger partial charge on any atom is 0.275 e. The molecule has 0 spiro atoms. The number of aliphatic hydroxyl groups is 1. The average Bonchev–Trinajstić information content (AvgIpc) is 3.51. The van der Waals surface area contributed by atoms with Crippen LogP contribution < -0.4 is 20.7 Å². The molecule has 1 amide bonds. The van der Waals surface area contributed by atoms with Crippen molar-refractivity contribution in [1.29, 1.82) is 0 Å². The lowest BCUT2D eigenvalue weighted by Crippen LogP contribution is -2.60. The number of amides is 1. The van der Waals surface area contributed by atoms with Crippen LogP contribution in [0.5, 0.6) is 0 Å². The Morgan fingerprint density at radius 1 is 1.02 bits per heavy atom. The second-order valence-electron chi connectivity index (χ2n) is 13.5. The molecular formula is C38H44N8O4. The highest BCUT2D eigenvalue weighted by atomic mass is 16.5. The Balaban J connectivity index is 0.00000193. The number of terminal acetylenes is 1. The summed E-state index contributed by atoms with van der Waals surface area (Å²) in [5.41, 5.74) is 7.00. The summed E-state index contributed by atoms with van der Waals surface area (Å²) in [6.45, 7) is 7.67. The summed E-state index contributed by atoms with van der Waals surface area (Å²) in [5, 5.41) is 13.9. The van der Waals surface area contributed by atoms with E-state index < -0.39 is 0 Å². The molecule has 0 saturated carbocycles. The number of hydrogen-bond donors (Lipinski definition) is 2. The van der Waals surface area contributed by atoms with Gasteiger partial charge in [0.15, 0.2) is 0 Å². The highest BCUT2D eigenvalue weighted by molar-refractivity contribution is 6.07. The summed E-state index contributed by atoms with van der Waals surface area (Å²) in [6.07, 6.45) is 19.3. The summed E-state index contributed by atoms with van der Waals surface area (Å²) in [6, 6.07) is 8.71. The number of ether oxygens (including phenoxy) is 1. The topological polar surface area (TPSA) is 121 Å². The molecule has 7 heterocycles. The van der Waals surface area contributed by atoms with E-state index in [1.165, 1.54) is 15.8 Å². The quantitative estimate of drug-likeness (QED) is 0.283. The molecule has 1 atom stereocenters. The number of pyridine rings is 3. The van der Waals surface area contributed by atoms with Crippen molar-refractivity contribution >= 4 is 28.8 Å². The van der Waals surface area contributed by atoms with Gasteiger partial charge >= 0.3 is 0 Å². The van der Waals surface area contributed by atoms with E-state index in [9.17, 15) is 14.7 Å². The van der Waals surface area contributed by atoms with Gasteiger partial charge in [-0.05, 0) is 62.4 Å². The number of nitrogens with one attached hydrogen (secondary N) is 1. The molecule has 0 aromatic carbocycles. The van der Waals surface area contributed by atoms with Gasteiger partial charge in [-0.25, -0.2) is 4.98 Å². The van der Waals surface area contributed by atoms with E-state index in [2.05, 4.69) is 55.5 Å². The zero-order valence-electron chi connectivity index (χ0n) is 28.7. The molecule has 12 nitrogen and oxygen atoms in total. The van der Waals surface area contributed by atoms with Crippen LogP contribution in [0.4, 0.5) is 22.9 Å². The van der Waals surface area contributed by atoms with Gasteiger partial charge in [-0.15, -0.1) is 12.8 Å². The van der Waals surface area contributed by atoms with Crippen molar-refractivity contribution in [2.24, 2.45) is 7.05 Å². The van der Waals surface area contributed by atoms with Crippen LogP contribution in [0.1, 0.15) is 47.1 Å². The zero-order valence-corrected chi connectivity index (χ0v) is 28.7. The van der Waals surface area contributed by atoms with Gasteiger partial charge in [0.1, 0.15) is 17.2 Å². The number of anilines is 4. The molecule has 0 unspecified atom stereocenters. The first-order chi connectivity index (χ1) is 24.4. The third-order valence-corrected chi connectivity index (χ3v) is 10.5. The molecule has 12 heteroatoms. The van der Waals surface area contributed by atoms with E-state index in [-0.39, 0.29) is 18.1 Å². The number of carbonyl (C=O) groups excluding carboxylic acids is 1. The number of aryl methyl sites for hydroxylation is 2. The predicted molar refractivity (Wildman–Crippen MR) is 194 cm³/mol. The lowest BCUT2D eigenvalue weighted by molar-refractivity contribution is -0.0792. The van der Waals surface area contributed by atoms with Crippen molar-refractivity contribution < 1.29 is 14.6 Å². The Labute approximate surface area is 292 Å². The molecule has 0 bridgehead atoms. The van der Waals surface area contributed by atoms with Crippen molar-refractivity contribution in [1.82, 2.24) is 24.0 Å². The maximum atomic E-state index is 13.8. The fraction of sp³-hybridized carbons (Fsp3) is 0.421. The van der Waals surface area contributed by atoms with Crippen LogP contribution in [0.3, 0.4) is 0 Å². The highest BCUT2D eigenvalue weighted by Gasteiger charge is 2.34. The van der Waals surface area contributed by atoms with Gasteiger partial charge in [0, 0.05) is 80.6 Å². The van der Waals surface area contributed by atoms with Crippen molar-refractivity contribution in [2.75, 3.05) is 54.5 Å². The van der Waals surface area contributed by atoms with Crippen LogP contribution in [0.15, 0.2) is 53.8 Å². The first-order valence-corrected chi connectivity index (χ1v) is 17.4. The lowest BCUT2D eigenvalue weighted by atomic mass is 9.98. The van der Waals surface area contributed by atoms with Crippen molar-refractivity contribution in [3.63, 3.8) is 0 Å². The van der Waals surface area contributed by atoms with Crippen molar-refractivity contribution in [2.45, 2.75) is 57.8 Å². The third kappa shape index (κ3) is 6.06. The van der Waals surface area contributed by atoms with E-state index in [1.807, 2.05) is 18.3 Å². The molecular weight excluding hydrogens is 632 g/mol. The molecule has 4 aliphatic rings. The molecule has 2 N–H and O–H groups in total. The van der Waals surface area contributed by atoms with Gasteiger partial charge in [0.2, 0.25) is 0 Å². The van der Waals surface area contributed by atoms with Crippen LogP contribution in [-0.2, 0) is 37.8 Å². The lowest BCUT2D eigenvalue weighted by Gasteiger charge is -2.47. The largest absolute Gasteiger partial charge is 0.392 e. The fourth-order valence-corrected chi connectivity index (χ4v) is 7.89. The Morgan fingerprint density at radius 2 is 1.84 bits per heavy atom. The maximum absolute atomic E-state index is 13.8. The number of piperazine rings is 1. The number of carbonyl (C=O) groups is 1. The minimum atomic E-state index is -0.287. The molecule has 4 aromatic heterocycles. The highest BCUT2D eigenvalue weighted by Crippen LogP contribution is 2.35. The minimum absolute atomic E-state index is 0.0778. The number of rotatable bonds is 7. The van der Waals surface area contributed by atoms with Gasteiger partial charge in [-0.1, -0.05) is 0 Å². The summed E-state index contributed by atoms with van der Waals surface area (Å²) in [5.74, 6) is 0.483. The average molecular weight is 677 g/mol. The second-order valence-corrected chi connectivity index (χ2v) is 13.5. The molecule has 50 heavy (non-hydrogen) atoms. The van der Waals surface area contributed by atoms with Gasteiger partial charge in [-0.2, -0.15) is 0 Å². The summed E-state index contributed by atoms with van der Waals surface area (Å²) in [7, 11) is 1.70. The molecule has 2 fully saturated rings. The summed E-state index contributed by atoms with van der Waals surface area (Å²) in [4.78, 5) is 42.9. The van der Waals surface area contributed by atoms with E-state index in [0.29, 0.717) is 64.8 Å². The van der Waals surface area contributed by atoms with E-state index in [1.54, 1.807) is 36.6 Å². The van der Waals surface area contributed by atoms with Crippen molar-refractivity contribution in [3.8, 4) is 24.0 Å². The molecule has 2 saturated heterocycles. The number of nitrogens with zero attached hydrogens (tertiary/aromatic N) is 7. The number of fused-ring (bicyclic) bond motifs is 3. The Kier molecular flexibility index (Phi) is 9.46. The first-order valence-electron chi connectivity index (χ1n) is 17.4. The van der Waals surface area contributed by atoms with Gasteiger partial charge < -0.3 is 34.1 Å². The smallest absolute Gasteiger partial charge is 0.275 e. The van der Waals surface area contributed by atoms with E-state index in [0.717, 1.165) is 64.2 Å². The minimum Gasteiger partial charge on any atom is -0.392 e. The fourth-order valence-electron chi connectivity index (χ4n) is 7.89. The van der Waals surface area contributed by atoms with Crippen LogP contribution >= 0.6 is 0 Å². The number of hydrogen-bond acceptors (Lipinski definition) is 9. The van der Waals surface area contributed by atoms with E-state index >= 15 is 0 Å². The summed E-state index contributed by atoms with van der Waals surface area (Å²) < 4.78 is 9.09. The zero-order chi connectivity index (χ0) is 34.9. The molecule has 3 aliphatic heterocycles. The second kappa shape index (κ2) is 14.1. The van der Waals surface area contributed by atoms with Crippen LogP contribution in [-0.4, -0.2) is 86.5 Å². The van der Waals surface area contributed by atoms with Gasteiger partial charge in [-0.3, -0.25) is 19.5 Å². The molecule has 4 aromatic rings. The first kappa shape index (κ1) is 33.5. The standard InChI is InChI=1S/C36H42N8O4.C2H2/c1-23-18-41(9-10-42(23)27-21-48-22-27)26-7-8-34(38-15-26)39-30-13-25(19-40(2)35(30)46)28-16-37-17-33(29(28)20-45)44-12-11-43-31-6-4-3-5-24(31)14-32(43)36(44)47;1-2/h7-8,13-17,19,23,27,45H,3-6,9-12,18,20-22H2,1-2H3,(H,38,39);1-2H/t23-;/m1./s1. The molecule has 1 aliphatic carbocycles. The predicted octanol–water partition coefficient (Wildman–Crippen LogP) is 3.58. The monoisotopic (exact) mass is 676 g/mol. The Hall–Kier alpha value is -4.96.